The van der Waals surface area contributed by atoms with Crippen LogP contribution in [-0.4, -0.2) is 23.1 Å². The molecule has 0 spiro atoms. The number of carbonyl (C=O) groups is 1. The number of para-hydroxylation sites is 2. The number of hydrogen-bond donors (Lipinski definition) is 1. The van der Waals surface area contributed by atoms with Crippen LogP contribution in [0.4, 0.5) is 11.4 Å². The van der Waals surface area contributed by atoms with Crippen LogP contribution < -0.4 is 14.8 Å². The Morgan fingerprint density at radius 2 is 1.88 bits per heavy atom. The highest BCUT2D eigenvalue weighted by Crippen LogP contribution is 2.34. The Balaban J connectivity index is 1.51. The number of nitrogens with one attached hydrogen (secondary N) is 1. The van der Waals surface area contributed by atoms with Crippen molar-refractivity contribution >= 4 is 51.9 Å². The van der Waals surface area contributed by atoms with Crippen LogP contribution in [-0.2, 0) is 11.4 Å². The second-order valence-electron chi connectivity index (χ2n) is 7.02. The van der Waals surface area contributed by atoms with Crippen molar-refractivity contribution in [1.82, 2.24) is 5.32 Å². The number of nitro benzene ring substituents is 1. The number of rotatable bonds is 7. The average molecular weight is 496 g/mol. The first kappa shape index (κ1) is 23.3. The summed E-state index contributed by atoms with van der Waals surface area (Å²) in [6.07, 6.45) is 1.71. The van der Waals surface area contributed by atoms with E-state index in [0.29, 0.717) is 43.4 Å². The quantitative estimate of drug-likeness (QED) is 0.255. The average Bonchev–Trinajstić information content (AvgIpc) is 3.18. The number of nitro groups is 1. The molecule has 0 radical (unpaired) electrons. The Bertz CT molecular complexity index is 1330. The molecule has 1 N–H and O–H groups in total. The van der Waals surface area contributed by atoms with Gasteiger partial charge in [0.05, 0.1) is 33.2 Å². The topological polar surface area (TPSA) is 103 Å². The molecular weight excluding hydrogens is 478 g/mol. The molecule has 1 aliphatic heterocycles. The van der Waals surface area contributed by atoms with E-state index in [1.165, 1.54) is 24.9 Å². The summed E-state index contributed by atoms with van der Waals surface area (Å²) in [5.74, 6) is 0.583. The molecule has 0 unspecified atom stereocenters. The van der Waals surface area contributed by atoms with Crippen LogP contribution in [0, 0.1) is 10.1 Å². The Kier molecular flexibility index (Phi) is 7.15. The van der Waals surface area contributed by atoms with E-state index in [2.05, 4.69) is 10.3 Å². The molecule has 0 aliphatic carbocycles. The van der Waals surface area contributed by atoms with Crippen LogP contribution in [0.3, 0.4) is 0 Å². The maximum absolute atomic E-state index is 12.4. The molecule has 3 aromatic carbocycles. The van der Waals surface area contributed by atoms with Gasteiger partial charge in [0.15, 0.2) is 16.7 Å². The standard InChI is InChI=1S/C24H18ClN3O5S/c1-32-21-12-15(10-11-20(21)33-14-16-6-2-5-9-19(16)28(30)31)13-22-23(29)27-24(34-22)26-18-8-4-3-7-17(18)25/h2-13H,14H2,1H3,(H,26,27,29). The summed E-state index contributed by atoms with van der Waals surface area (Å²) in [5, 5.41) is 14.9. The molecule has 0 atom stereocenters. The van der Waals surface area contributed by atoms with Crippen LogP contribution >= 0.6 is 23.4 Å². The maximum Gasteiger partial charge on any atom is 0.276 e. The van der Waals surface area contributed by atoms with Crippen LogP contribution in [0.2, 0.25) is 5.02 Å². The normalized spacial score (nSPS) is 15.4. The third-order valence-corrected chi connectivity index (χ3v) is 6.01. The van der Waals surface area contributed by atoms with Crippen LogP contribution in [0.15, 0.2) is 76.6 Å². The summed E-state index contributed by atoms with van der Waals surface area (Å²) in [6, 6.07) is 18.7. The molecule has 34 heavy (non-hydrogen) atoms. The lowest BCUT2D eigenvalue weighted by atomic mass is 10.1. The molecule has 1 heterocycles. The highest BCUT2D eigenvalue weighted by Gasteiger charge is 2.24. The van der Waals surface area contributed by atoms with Crippen molar-refractivity contribution in [3.8, 4) is 11.5 Å². The van der Waals surface area contributed by atoms with Crippen LogP contribution in [0.25, 0.3) is 6.08 Å². The lowest BCUT2D eigenvalue weighted by Crippen LogP contribution is -2.19. The number of thioether (sulfide) groups is 1. The SMILES string of the molecule is COc1cc(C=C2SC(=Nc3ccccc3Cl)NC2=O)ccc1OCc1ccccc1[N+](=O)[O-]. The molecule has 8 nitrogen and oxygen atoms in total. The molecule has 0 saturated carbocycles. The highest BCUT2D eigenvalue weighted by atomic mass is 35.5. The van der Waals surface area contributed by atoms with Gasteiger partial charge in [0.1, 0.15) is 6.61 Å². The Morgan fingerprint density at radius 1 is 1.12 bits per heavy atom. The molecule has 1 amide bonds. The summed E-state index contributed by atoms with van der Waals surface area (Å²) >= 11 is 7.34. The predicted octanol–water partition coefficient (Wildman–Crippen LogP) is 5.73. The second-order valence-corrected chi connectivity index (χ2v) is 8.46. The molecule has 0 aromatic heterocycles. The van der Waals surface area contributed by atoms with Crippen molar-refractivity contribution in [3.05, 3.63) is 97.9 Å². The number of aliphatic imine (C=N–C) groups is 1. The molecule has 4 rings (SSSR count). The number of benzene rings is 3. The van der Waals surface area contributed by atoms with Crippen molar-refractivity contribution < 1.29 is 19.2 Å². The zero-order valence-electron chi connectivity index (χ0n) is 17.9. The molecule has 1 aliphatic rings. The van der Waals surface area contributed by atoms with Crippen molar-refractivity contribution in [2.24, 2.45) is 4.99 Å². The van der Waals surface area contributed by atoms with E-state index < -0.39 is 4.92 Å². The summed E-state index contributed by atoms with van der Waals surface area (Å²) in [6.45, 7) is 0.00801. The summed E-state index contributed by atoms with van der Waals surface area (Å²) in [7, 11) is 1.50. The van der Waals surface area contributed by atoms with E-state index >= 15 is 0 Å². The fraction of sp³-hybridized carbons (Fsp3) is 0.0833. The molecule has 1 saturated heterocycles. The van der Waals surface area contributed by atoms with Gasteiger partial charge in [-0.05, 0) is 53.7 Å². The van der Waals surface area contributed by atoms with Crippen molar-refractivity contribution in [1.29, 1.82) is 0 Å². The van der Waals surface area contributed by atoms with Gasteiger partial charge in [-0.25, -0.2) is 4.99 Å². The van der Waals surface area contributed by atoms with Crippen LogP contribution in [0.5, 0.6) is 11.5 Å². The maximum atomic E-state index is 12.4. The molecule has 10 heteroatoms. The van der Waals surface area contributed by atoms with E-state index in [4.69, 9.17) is 21.1 Å². The molecule has 1 fully saturated rings. The lowest BCUT2D eigenvalue weighted by molar-refractivity contribution is -0.385. The second kappa shape index (κ2) is 10.4. The first-order valence-corrected chi connectivity index (χ1v) is 11.2. The van der Waals surface area contributed by atoms with E-state index in [-0.39, 0.29) is 18.2 Å². The minimum absolute atomic E-state index is 0.00801. The summed E-state index contributed by atoms with van der Waals surface area (Å²) in [4.78, 5) is 28.0. The summed E-state index contributed by atoms with van der Waals surface area (Å²) in [5.41, 5.74) is 1.72. The van der Waals surface area contributed by atoms with Gasteiger partial charge >= 0.3 is 0 Å². The number of hydrogen-bond acceptors (Lipinski definition) is 7. The predicted molar refractivity (Wildman–Crippen MR) is 133 cm³/mol. The van der Waals surface area contributed by atoms with E-state index in [1.54, 1.807) is 60.7 Å². The van der Waals surface area contributed by atoms with Gasteiger partial charge in [0, 0.05) is 6.07 Å². The minimum Gasteiger partial charge on any atom is -0.493 e. The van der Waals surface area contributed by atoms with Gasteiger partial charge in [0.25, 0.3) is 11.6 Å². The van der Waals surface area contributed by atoms with Gasteiger partial charge in [0.2, 0.25) is 0 Å². The van der Waals surface area contributed by atoms with E-state index in [1.807, 2.05) is 6.07 Å². The molecule has 172 valence electrons. The van der Waals surface area contributed by atoms with Crippen molar-refractivity contribution in [3.63, 3.8) is 0 Å². The lowest BCUT2D eigenvalue weighted by Gasteiger charge is -2.11. The number of methoxy groups -OCH3 is 1. The Hall–Kier alpha value is -3.82. The van der Waals surface area contributed by atoms with E-state index in [9.17, 15) is 14.9 Å². The highest BCUT2D eigenvalue weighted by molar-refractivity contribution is 8.18. The zero-order chi connectivity index (χ0) is 24.1. The van der Waals surface area contributed by atoms with Gasteiger partial charge in [-0.1, -0.05) is 41.9 Å². The van der Waals surface area contributed by atoms with Gasteiger partial charge in [-0.2, -0.15) is 0 Å². The molecule has 3 aromatic rings. The fourth-order valence-corrected chi connectivity index (χ4v) is 4.16. The first-order chi connectivity index (χ1) is 16.4. The number of amidine groups is 1. The first-order valence-electron chi connectivity index (χ1n) is 10.0. The van der Waals surface area contributed by atoms with Crippen molar-refractivity contribution in [2.75, 3.05) is 7.11 Å². The minimum atomic E-state index is -0.446. The third-order valence-electron chi connectivity index (χ3n) is 4.78. The zero-order valence-corrected chi connectivity index (χ0v) is 19.4. The molecular formula is C24H18ClN3O5S. The Labute approximate surface area is 204 Å². The van der Waals surface area contributed by atoms with Crippen LogP contribution in [0.1, 0.15) is 11.1 Å². The fourth-order valence-electron chi connectivity index (χ4n) is 3.14. The third kappa shape index (κ3) is 5.38. The Morgan fingerprint density at radius 3 is 2.65 bits per heavy atom. The van der Waals surface area contributed by atoms with E-state index in [0.717, 1.165) is 0 Å². The number of ether oxygens (including phenoxy) is 2. The monoisotopic (exact) mass is 495 g/mol. The molecule has 0 bridgehead atoms. The van der Waals surface area contributed by atoms with Gasteiger partial charge in [-0.3, -0.25) is 14.9 Å². The number of carbonyl (C=O) groups excluding carboxylic acids is 1. The largest absolute Gasteiger partial charge is 0.493 e. The van der Waals surface area contributed by atoms with Crippen molar-refractivity contribution in [2.45, 2.75) is 6.61 Å². The number of amides is 1. The van der Waals surface area contributed by atoms with Gasteiger partial charge in [-0.15, -0.1) is 0 Å². The number of nitrogens with zero attached hydrogens (tertiary/aromatic N) is 2. The smallest absolute Gasteiger partial charge is 0.276 e. The van der Waals surface area contributed by atoms with Gasteiger partial charge < -0.3 is 14.8 Å². The summed E-state index contributed by atoms with van der Waals surface area (Å²) < 4.78 is 11.2. The number of halogens is 1.